The first-order valence-electron chi connectivity index (χ1n) is 5.54. The molecule has 0 aromatic carbocycles. The second-order valence-electron chi connectivity index (χ2n) is 3.84. The number of nitrogens with zero attached hydrogens (tertiary/aromatic N) is 1. The quantitative estimate of drug-likeness (QED) is 0.870. The Balaban J connectivity index is 0.000000270. The van der Waals surface area contributed by atoms with Crippen molar-refractivity contribution in [1.82, 2.24) is 4.98 Å². The van der Waals surface area contributed by atoms with Gasteiger partial charge in [0.25, 0.3) is 5.56 Å². The summed E-state index contributed by atoms with van der Waals surface area (Å²) in [6, 6.07) is 0. The fraction of sp³-hybridized carbons (Fsp3) is 0.364. The molecule has 0 aliphatic rings. The number of carbonyl (C=O) groups is 1. The number of halogens is 3. The predicted octanol–water partition coefficient (Wildman–Crippen LogP) is 1.69. The Kier molecular flexibility index (Phi) is 5.44. The van der Waals surface area contributed by atoms with E-state index < -0.39 is 12.1 Å². The van der Waals surface area contributed by atoms with Crippen LogP contribution in [0.1, 0.15) is 11.5 Å². The maximum atomic E-state index is 11.6. The molecule has 0 fully saturated rings. The molecule has 2 aromatic heterocycles. The molecule has 0 bridgehead atoms. The molecule has 0 spiro atoms. The Labute approximate surface area is 120 Å². The summed E-state index contributed by atoms with van der Waals surface area (Å²) in [4.78, 5) is 24.9. The van der Waals surface area contributed by atoms with Crippen LogP contribution in [0.2, 0.25) is 0 Å². The average Bonchev–Trinajstić information content (AvgIpc) is 2.71. The molecule has 0 amide bonds. The molecule has 0 unspecified atom stereocenters. The van der Waals surface area contributed by atoms with Crippen LogP contribution in [0.4, 0.5) is 13.2 Å². The number of nitrogens with two attached hydrogens (primary N) is 1. The number of carboxylic acids is 1. The van der Waals surface area contributed by atoms with Gasteiger partial charge >= 0.3 is 12.1 Å². The van der Waals surface area contributed by atoms with E-state index in [1.54, 1.807) is 0 Å². The Morgan fingerprint density at radius 1 is 1.52 bits per heavy atom. The van der Waals surface area contributed by atoms with E-state index in [4.69, 9.17) is 20.1 Å². The molecule has 3 N–H and O–H groups in total. The van der Waals surface area contributed by atoms with Crippen LogP contribution in [-0.4, -0.2) is 28.8 Å². The zero-order valence-corrected chi connectivity index (χ0v) is 11.5. The standard InChI is InChI=1S/C9H10N2O2S.C2HF3O2/c1-5-4-14-9-7(5)8(12)11-6(13-9)2-3-10;3-2(4,5)1(6)7/h4H,2-3,10H2,1H3;(H,6,7). The van der Waals surface area contributed by atoms with E-state index in [1.165, 1.54) is 11.3 Å². The topological polar surface area (TPSA) is 106 Å². The summed E-state index contributed by atoms with van der Waals surface area (Å²) in [6.07, 6.45) is -4.58. The first kappa shape index (κ1) is 17.1. The monoisotopic (exact) mass is 324 g/mol. The third-order valence-electron chi connectivity index (χ3n) is 2.19. The molecule has 21 heavy (non-hydrogen) atoms. The van der Waals surface area contributed by atoms with Gasteiger partial charge in [0.1, 0.15) is 0 Å². The summed E-state index contributed by atoms with van der Waals surface area (Å²) in [5.41, 5.74) is 6.07. The van der Waals surface area contributed by atoms with Crippen molar-refractivity contribution in [2.75, 3.05) is 6.54 Å². The van der Waals surface area contributed by atoms with Gasteiger partial charge in [-0.1, -0.05) is 0 Å². The molecule has 10 heteroatoms. The van der Waals surface area contributed by atoms with Crippen molar-refractivity contribution in [3.8, 4) is 0 Å². The zero-order chi connectivity index (χ0) is 16.2. The first-order valence-corrected chi connectivity index (χ1v) is 6.42. The molecular weight excluding hydrogens is 313 g/mol. The second kappa shape index (κ2) is 6.68. The van der Waals surface area contributed by atoms with Crippen molar-refractivity contribution in [3.63, 3.8) is 0 Å². The third kappa shape index (κ3) is 4.53. The van der Waals surface area contributed by atoms with Crippen LogP contribution in [0.5, 0.6) is 0 Å². The Morgan fingerprint density at radius 2 is 2.10 bits per heavy atom. The average molecular weight is 324 g/mol. The highest BCUT2D eigenvalue weighted by Gasteiger charge is 2.38. The number of hydrogen-bond donors (Lipinski definition) is 2. The summed E-state index contributed by atoms with van der Waals surface area (Å²) in [7, 11) is 0. The molecule has 0 aliphatic heterocycles. The van der Waals surface area contributed by atoms with Crippen molar-refractivity contribution < 1.29 is 27.5 Å². The lowest BCUT2D eigenvalue weighted by Gasteiger charge is -1.96. The van der Waals surface area contributed by atoms with Crippen LogP contribution in [0.25, 0.3) is 10.3 Å². The van der Waals surface area contributed by atoms with E-state index in [1.807, 2.05) is 12.3 Å². The van der Waals surface area contributed by atoms with Crippen LogP contribution in [0.3, 0.4) is 0 Å². The Bertz CT molecular complexity index is 693. The number of hydrogen-bond acceptors (Lipinski definition) is 6. The molecule has 116 valence electrons. The normalized spacial score (nSPS) is 11.1. The smallest absolute Gasteiger partial charge is 0.475 e. The van der Waals surface area contributed by atoms with Gasteiger partial charge in [-0.25, -0.2) is 4.79 Å². The number of carboxylic acid groups (broad SMARTS) is 1. The number of thiophene rings is 1. The number of alkyl halides is 3. The molecule has 0 atom stereocenters. The van der Waals surface area contributed by atoms with Gasteiger partial charge in [-0.3, -0.25) is 4.79 Å². The van der Waals surface area contributed by atoms with Crippen molar-refractivity contribution in [1.29, 1.82) is 0 Å². The Hall–Kier alpha value is -1.94. The van der Waals surface area contributed by atoms with Crippen molar-refractivity contribution in [2.24, 2.45) is 5.73 Å². The predicted molar refractivity (Wildman–Crippen MR) is 69.3 cm³/mol. The van der Waals surface area contributed by atoms with Gasteiger partial charge in [0.15, 0.2) is 4.90 Å². The van der Waals surface area contributed by atoms with Gasteiger partial charge in [-0.15, -0.1) is 11.3 Å². The van der Waals surface area contributed by atoms with Crippen molar-refractivity contribution in [3.05, 3.63) is 27.2 Å². The lowest BCUT2D eigenvalue weighted by atomic mass is 10.3. The zero-order valence-electron chi connectivity index (χ0n) is 10.7. The SMILES string of the molecule is Cc1csc2oc(CCN)nc(=O)c12.O=C(O)C(F)(F)F. The van der Waals surface area contributed by atoms with Gasteiger partial charge in [0.2, 0.25) is 5.89 Å². The highest BCUT2D eigenvalue weighted by Crippen LogP contribution is 2.22. The fourth-order valence-corrected chi connectivity index (χ4v) is 2.19. The van der Waals surface area contributed by atoms with E-state index in [2.05, 4.69) is 4.98 Å². The summed E-state index contributed by atoms with van der Waals surface area (Å²) >= 11 is 1.42. The van der Waals surface area contributed by atoms with Gasteiger partial charge < -0.3 is 15.3 Å². The minimum atomic E-state index is -5.08. The molecule has 0 aliphatic carbocycles. The van der Waals surface area contributed by atoms with E-state index >= 15 is 0 Å². The minimum Gasteiger partial charge on any atom is -0.475 e. The maximum Gasteiger partial charge on any atom is 0.490 e. The third-order valence-corrected chi connectivity index (χ3v) is 3.17. The van der Waals surface area contributed by atoms with Crippen LogP contribution in [-0.2, 0) is 11.2 Å². The maximum absolute atomic E-state index is 11.6. The number of fused-ring (bicyclic) bond motifs is 1. The van der Waals surface area contributed by atoms with Gasteiger partial charge in [0, 0.05) is 13.0 Å². The van der Waals surface area contributed by atoms with E-state index in [0.717, 1.165) is 5.56 Å². The Morgan fingerprint density at radius 3 is 2.57 bits per heavy atom. The van der Waals surface area contributed by atoms with Crippen LogP contribution < -0.4 is 11.3 Å². The lowest BCUT2D eigenvalue weighted by molar-refractivity contribution is -0.192. The molecule has 2 rings (SSSR count). The van der Waals surface area contributed by atoms with Gasteiger partial charge in [-0.05, 0) is 17.9 Å². The lowest BCUT2D eigenvalue weighted by Crippen LogP contribution is -2.21. The summed E-state index contributed by atoms with van der Waals surface area (Å²) < 4.78 is 37.2. The highest BCUT2D eigenvalue weighted by molar-refractivity contribution is 7.16. The molecule has 2 aromatic rings. The number of rotatable bonds is 2. The molecule has 0 saturated heterocycles. The molecular formula is C11H11F3N2O4S. The molecule has 0 radical (unpaired) electrons. The largest absolute Gasteiger partial charge is 0.490 e. The van der Waals surface area contributed by atoms with E-state index in [9.17, 15) is 18.0 Å². The number of aromatic nitrogens is 1. The fourth-order valence-electron chi connectivity index (χ4n) is 1.28. The first-order chi connectivity index (χ1) is 9.66. The van der Waals surface area contributed by atoms with Crippen LogP contribution in [0, 0.1) is 6.92 Å². The van der Waals surface area contributed by atoms with Crippen molar-refractivity contribution in [2.45, 2.75) is 19.5 Å². The molecule has 2 heterocycles. The van der Waals surface area contributed by atoms with E-state index in [0.29, 0.717) is 29.1 Å². The number of aryl methyl sites for hydroxylation is 1. The van der Waals surface area contributed by atoms with Crippen LogP contribution >= 0.6 is 11.3 Å². The van der Waals surface area contributed by atoms with Crippen molar-refractivity contribution >= 4 is 27.6 Å². The summed E-state index contributed by atoms with van der Waals surface area (Å²) in [6.45, 7) is 2.31. The molecule has 0 saturated carbocycles. The summed E-state index contributed by atoms with van der Waals surface area (Å²) in [5, 5.41) is 9.61. The number of aliphatic carboxylic acids is 1. The van der Waals surface area contributed by atoms with E-state index in [-0.39, 0.29) is 5.56 Å². The van der Waals surface area contributed by atoms with Gasteiger partial charge in [0.05, 0.1) is 5.39 Å². The highest BCUT2D eigenvalue weighted by atomic mass is 32.1. The summed E-state index contributed by atoms with van der Waals surface area (Å²) in [5.74, 6) is -2.33. The molecule has 6 nitrogen and oxygen atoms in total. The van der Waals surface area contributed by atoms with Crippen LogP contribution in [0.15, 0.2) is 14.6 Å². The minimum absolute atomic E-state index is 0.214. The second-order valence-corrected chi connectivity index (χ2v) is 4.68. The van der Waals surface area contributed by atoms with Gasteiger partial charge in [-0.2, -0.15) is 18.2 Å².